The highest BCUT2D eigenvalue weighted by Crippen LogP contribution is 1.98. The lowest BCUT2D eigenvalue weighted by Gasteiger charge is -2.01. The van der Waals surface area contributed by atoms with Crippen molar-refractivity contribution in [3.05, 3.63) is 36.5 Å². The lowest BCUT2D eigenvalue weighted by Crippen LogP contribution is -2.16. The third-order valence-corrected chi connectivity index (χ3v) is 1.57. The van der Waals surface area contributed by atoms with Crippen LogP contribution in [0.15, 0.2) is 36.5 Å². The minimum atomic E-state index is 0.739. The molecular formula is C9H13NS. The van der Waals surface area contributed by atoms with Crippen LogP contribution in [0, 0.1) is 0 Å². The molecule has 0 aromatic carbocycles. The first-order valence-corrected chi connectivity index (χ1v) is 3.84. The van der Waals surface area contributed by atoms with Crippen LogP contribution in [0.2, 0.25) is 0 Å². The molecule has 1 nitrogen and oxygen atoms in total. The largest absolute Gasteiger partial charge is 0.379 e. The number of thiocarbonyl (C=S) groups is 1. The van der Waals surface area contributed by atoms with Gasteiger partial charge < -0.3 is 5.32 Å². The molecule has 0 aromatic heterocycles. The maximum atomic E-state index is 5.03. The average Bonchev–Trinajstić information content (AvgIpc) is 2.03. The molecule has 60 valence electrons. The molecule has 0 aliphatic carbocycles. The van der Waals surface area contributed by atoms with Crippen molar-refractivity contribution in [1.82, 2.24) is 5.32 Å². The molecule has 0 amide bonds. The minimum absolute atomic E-state index is 0.739. The monoisotopic (exact) mass is 167 g/mol. The zero-order valence-electron chi connectivity index (χ0n) is 6.92. The Labute approximate surface area is 73.5 Å². The molecule has 0 atom stereocenters. The van der Waals surface area contributed by atoms with Crippen LogP contribution < -0.4 is 5.32 Å². The maximum absolute atomic E-state index is 5.03. The molecule has 0 bridgehead atoms. The van der Waals surface area contributed by atoms with E-state index in [4.69, 9.17) is 12.2 Å². The van der Waals surface area contributed by atoms with Crippen molar-refractivity contribution in [2.75, 3.05) is 7.05 Å². The van der Waals surface area contributed by atoms with Crippen LogP contribution in [-0.4, -0.2) is 12.0 Å². The number of allylic oxidation sites excluding steroid dienone is 3. The SMILES string of the molecule is C=C/C=C(\C=C/C)C(=S)NC. The van der Waals surface area contributed by atoms with Crippen molar-refractivity contribution in [2.45, 2.75) is 6.92 Å². The Balaban J connectivity index is 4.46. The summed E-state index contributed by atoms with van der Waals surface area (Å²) in [5.74, 6) is 0. The van der Waals surface area contributed by atoms with Gasteiger partial charge in [0.05, 0.1) is 0 Å². The van der Waals surface area contributed by atoms with Crippen LogP contribution in [0.3, 0.4) is 0 Å². The summed E-state index contributed by atoms with van der Waals surface area (Å²) in [6.45, 7) is 5.56. The zero-order chi connectivity index (χ0) is 8.69. The lowest BCUT2D eigenvalue weighted by molar-refractivity contribution is 1.20. The standard InChI is InChI=1S/C9H13NS/c1-4-6-8(7-5-2)9(11)10-3/h4-7H,1H2,2-3H3,(H,10,11)/b7-5-,8-6+. The van der Waals surface area contributed by atoms with E-state index < -0.39 is 0 Å². The number of hydrogen-bond acceptors (Lipinski definition) is 1. The van der Waals surface area contributed by atoms with E-state index in [-0.39, 0.29) is 0 Å². The van der Waals surface area contributed by atoms with E-state index in [9.17, 15) is 0 Å². The fourth-order valence-electron chi connectivity index (χ4n) is 0.658. The Morgan fingerprint density at radius 3 is 2.55 bits per heavy atom. The van der Waals surface area contributed by atoms with Gasteiger partial charge in [-0.05, 0) is 6.92 Å². The normalized spacial score (nSPS) is 11.6. The van der Waals surface area contributed by atoms with Gasteiger partial charge >= 0.3 is 0 Å². The third-order valence-electron chi connectivity index (χ3n) is 1.13. The van der Waals surface area contributed by atoms with Gasteiger partial charge in [-0.1, -0.05) is 43.1 Å². The highest BCUT2D eigenvalue weighted by Gasteiger charge is 1.94. The first-order valence-electron chi connectivity index (χ1n) is 3.43. The van der Waals surface area contributed by atoms with E-state index in [1.807, 2.05) is 32.2 Å². The summed E-state index contributed by atoms with van der Waals surface area (Å²) in [5, 5.41) is 2.90. The molecule has 0 saturated carbocycles. The topological polar surface area (TPSA) is 12.0 Å². The van der Waals surface area contributed by atoms with Gasteiger partial charge in [-0.15, -0.1) is 0 Å². The van der Waals surface area contributed by atoms with Crippen molar-refractivity contribution in [2.24, 2.45) is 0 Å². The first kappa shape index (κ1) is 10.1. The predicted molar refractivity (Wildman–Crippen MR) is 54.8 cm³/mol. The summed E-state index contributed by atoms with van der Waals surface area (Å²) in [5.41, 5.74) is 0.986. The van der Waals surface area contributed by atoms with Gasteiger partial charge in [-0.25, -0.2) is 0 Å². The first-order chi connectivity index (χ1) is 5.26. The van der Waals surface area contributed by atoms with Crippen LogP contribution in [0.25, 0.3) is 0 Å². The van der Waals surface area contributed by atoms with Crippen molar-refractivity contribution in [3.8, 4) is 0 Å². The van der Waals surface area contributed by atoms with Gasteiger partial charge in [0.15, 0.2) is 0 Å². The molecule has 0 aliphatic rings. The average molecular weight is 167 g/mol. The molecule has 0 heterocycles. The van der Waals surface area contributed by atoms with E-state index in [0.29, 0.717) is 0 Å². The number of nitrogens with one attached hydrogen (secondary N) is 1. The highest BCUT2D eigenvalue weighted by atomic mass is 32.1. The molecule has 2 heteroatoms. The fourth-order valence-corrected chi connectivity index (χ4v) is 0.794. The summed E-state index contributed by atoms with van der Waals surface area (Å²) in [4.78, 5) is 0.739. The second-order valence-electron chi connectivity index (χ2n) is 1.94. The smallest absolute Gasteiger partial charge is 0.106 e. The maximum Gasteiger partial charge on any atom is 0.106 e. The minimum Gasteiger partial charge on any atom is -0.379 e. The molecule has 0 rings (SSSR count). The highest BCUT2D eigenvalue weighted by molar-refractivity contribution is 7.80. The van der Waals surface area contributed by atoms with Crippen LogP contribution >= 0.6 is 12.2 Å². The molecule has 0 saturated heterocycles. The van der Waals surface area contributed by atoms with Crippen LogP contribution in [0.1, 0.15) is 6.92 Å². The molecule has 1 N–H and O–H groups in total. The van der Waals surface area contributed by atoms with E-state index in [0.717, 1.165) is 10.6 Å². The molecule has 0 spiro atoms. The van der Waals surface area contributed by atoms with Crippen molar-refractivity contribution in [1.29, 1.82) is 0 Å². The quantitative estimate of drug-likeness (QED) is 0.393. The Kier molecular flexibility index (Phi) is 5.39. The van der Waals surface area contributed by atoms with E-state index in [1.165, 1.54) is 0 Å². The fraction of sp³-hybridized carbons (Fsp3) is 0.222. The predicted octanol–water partition coefficient (Wildman–Crippen LogP) is 2.22. The number of likely N-dealkylation sites (N-methyl/N-ethyl adjacent to an activating group) is 1. The molecule has 0 aromatic rings. The summed E-state index contributed by atoms with van der Waals surface area (Å²) in [7, 11) is 1.81. The van der Waals surface area contributed by atoms with Gasteiger partial charge in [0.1, 0.15) is 4.99 Å². The van der Waals surface area contributed by atoms with E-state index in [1.54, 1.807) is 6.08 Å². The molecule has 0 fully saturated rings. The van der Waals surface area contributed by atoms with Crippen molar-refractivity contribution < 1.29 is 0 Å². The van der Waals surface area contributed by atoms with Crippen LogP contribution in [-0.2, 0) is 0 Å². The summed E-state index contributed by atoms with van der Waals surface area (Å²) >= 11 is 5.03. The second kappa shape index (κ2) is 5.86. The molecule has 11 heavy (non-hydrogen) atoms. The third kappa shape index (κ3) is 3.73. The Morgan fingerprint density at radius 2 is 2.18 bits per heavy atom. The lowest BCUT2D eigenvalue weighted by atomic mass is 10.2. The van der Waals surface area contributed by atoms with Crippen LogP contribution in [0.4, 0.5) is 0 Å². The summed E-state index contributed by atoms with van der Waals surface area (Å²) in [6.07, 6.45) is 7.48. The Hall–Kier alpha value is -0.890. The van der Waals surface area contributed by atoms with Gasteiger partial charge in [-0.3, -0.25) is 0 Å². The molecule has 0 radical (unpaired) electrons. The Morgan fingerprint density at radius 1 is 1.55 bits per heavy atom. The number of rotatable bonds is 3. The molecule has 0 unspecified atom stereocenters. The van der Waals surface area contributed by atoms with Gasteiger partial charge in [0.25, 0.3) is 0 Å². The van der Waals surface area contributed by atoms with Gasteiger partial charge in [-0.2, -0.15) is 0 Å². The Bertz CT molecular complexity index is 202. The van der Waals surface area contributed by atoms with Crippen LogP contribution in [0.5, 0.6) is 0 Å². The second-order valence-corrected chi connectivity index (χ2v) is 2.35. The molecular weight excluding hydrogens is 154 g/mol. The van der Waals surface area contributed by atoms with Gasteiger partial charge in [0.2, 0.25) is 0 Å². The molecule has 0 aliphatic heterocycles. The van der Waals surface area contributed by atoms with Crippen molar-refractivity contribution in [3.63, 3.8) is 0 Å². The number of hydrogen-bond donors (Lipinski definition) is 1. The van der Waals surface area contributed by atoms with E-state index in [2.05, 4.69) is 11.9 Å². The van der Waals surface area contributed by atoms with Crippen molar-refractivity contribution >= 4 is 17.2 Å². The summed E-state index contributed by atoms with van der Waals surface area (Å²) in [6, 6.07) is 0. The van der Waals surface area contributed by atoms with E-state index >= 15 is 0 Å². The zero-order valence-corrected chi connectivity index (χ0v) is 7.74. The van der Waals surface area contributed by atoms with Gasteiger partial charge in [0, 0.05) is 12.6 Å². The summed E-state index contributed by atoms with van der Waals surface area (Å²) < 4.78 is 0.